The molecule has 0 aromatic rings. The van der Waals surface area contributed by atoms with Crippen molar-refractivity contribution in [1.29, 1.82) is 0 Å². The topological polar surface area (TPSA) is 93.1 Å². The molecular formula is C36H76O6P2. The van der Waals surface area contributed by atoms with Crippen LogP contribution in [0, 0.1) is 0 Å². The summed E-state index contributed by atoms with van der Waals surface area (Å²) in [4.78, 5) is 27.8. The van der Waals surface area contributed by atoms with Crippen LogP contribution in [0.5, 0.6) is 0 Å². The Balaban J connectivity index is 6.59. The fourth-order valence-corrected chi connectivity index (χ4v) is 20.6. The van der Waals surface area contributed by atoms with Gasteiger partial charge in [-0.2, -0.15) is 0 Å². The van der Waals surface area contributed by atoms with Gasteiger partial charge in [0, 0.05) is 0 Å². The molecule has 0 aromatic heterocycles. The predicted octanol–water partition coefficient (Wildman–Crippen LogP) is 10.1. The zero-order valence-corrected chi connectivity index (χ0v) is 32.3. The Bertz CT molecular complexity index is 638. The van der Waals surface area contributed by atoms with Crippen molar-refractivity contribution in [2.45, 2.75) is 170 Å². The molecule has 0 bridgehead atoms. The summed E-state index contributed by atoms with van der Waals surface area (Å²) in [7, 11) is 0. The number of carbonyl (C=O) groups is 2. The van der Waals surface area contributed by atoms with Crippen molar-refractivity contribution in [3.05, 3.63) is 0 Å². The molecule has 0 heterocycles. The van der Waals surface area contributed by atoms with Gasteiger partial charge in [0.05, 0.1) is 0 Å². The van der Waals surface area contributed by atoms with E-state index in [9.17, 15) is 19.8 Å². The van der Waals surface area contributed by atoms with Crippen molar-refractivity contribution < 1.29 is 28.8 Å². The predicted molar refractivity (Wildman–Crippen MR) is 196 cm³/mol. The van der Waals surface area contributed by atoms with Crippen molar-refractivity contribution >= 4 is 25.6 Å². The molecule has 0 spiro atoms. The van der Waals surface area contributed by atoms with Gasteiger partial charge in [0.1, 0.15) is 0 Å². The Hall–Kier alpha value is -0.280. The van der Waals surface area contributed by atoms with Crippen LogP contribution in [0.15, 0.2) is 0 Å². The molecule has 0 aliphatic rings. The van der Waals surface area contributed by atoms with Gasteiger partial charge >= 0.3 is 274 Å². The molecule has 0 rings (SSSR count). The summed E-state index contributed by atoms with van der Waals surface area (Å²) in [6.07, 6.45) is 18.9. The van der Waals surface area contributed by atoms with E-state index in [0.717, 1.165) is 152 Å². The van der Waals surface area contributed by atoms with Gasteiger partial charge in [-0.3, -0.25) is 0 Å². The average Bonchev–Trinajstić information content (AvgIpc) is 3.04. The van der Waals surface area contributed by atoms with Crippen LogP contribution >= 0.6 is 13.7 Å². The van der Waals surface area contributed by atoms with E-state index in [0.29, 0.717) is 0 Å². The van der Waals surface area contributed by atoms with Crippen molar-refractivity contribution in [2.24, 2.45) is 0 Å². The second-order valence-electron chi connectivity index (χ2n) is 14.0. The molecule has 44 heavy (non-hydrogen) atoms. The summed E-state index contributed by atoms with van der Waals surface area (Å²) in [5, 5.41) is 22.7. The molecule has 266 valence electrons. The van der Waals surface area contributed by atoms with E-state index in [2.05, 4.69) is 55.4 Å². The number of aliphatic hydroxyl groups is 2. The van der Waals surface area contributed by atoms with Gasteiger partial charge in [0.25, 0.3) is 0 Å². The zero-order chi connectivity index (χ0) is 33.6. The Morgan fingerprint density at radius 3 is 0.705 bits per heavy atom. The molecule has 0 radical (unpaired) electrons. The van der Waals surface area contributed by atoms with Gasteiger partial charge in [-0.25, -0.2) is 0 Å². The van der Waals surface area contributed by atoms with Gasteiger partial charge < -0.3 is 0 Å². The van der Waals surface area contributed by atoms with Gasteiger partial charge in [0.15, 0.2) is 0 Å². The van der Waals surface area contributed by atoms with Gasteiger partial charge in [-0.1, -0.05) is 0 Å². The molecular weight excluding hydrogens is 590 g/mol. The van der Waals surface area contributed by atoms with Crippen LogP contribution in [0.3, 0.4) is 0 Å². The summed E-state index contributed by atoms with van der Waals surface area (Å²) in [5.41, 5.74) is 0. The Kier molecular flexibility index (Phi) is 22.2. The first-order valence-electron chi connectivity index (χ1n) is 18.8. The molecule has 0 fully saturated rings. The minimum absolute atomic E-state index is 0.823. The van der Waals surface area contributed by atoms with Crippen LogP contribution in [-0.2, 0) is 18.6 Å². The first kappa shape index (κ1) is 43.7. The van der Waals surface area contributed by atoms with Crippen LogP contribution in [0.2, 0.25) is 0 Å². The second-order valence-corrected chi connectivity index (χ2v) is 25.4. The van der Waals surface area contributed by atoms with E-state index in [1.54, 1.807) is 0 Å². The summed E-state index contributed by atoms with van der Waals surface area (Å²) < 4.78 is 13.3. The fraction of sp³-hybridized carbons (Fsp3) is 0.944. The van der Waals surface area contributed by atoms with Crippen molar-refractivity contribution in [3.8, 4) is 0 Å². The van der Waals surface area contributed by atoms with E-state index >= 15 is 0 Å². The third-order valence-electron chi connectivity index (χ3n) is 10.1. The summed E-state index contributed by atoms with van der Waals surface area (Å²) >= 11 is 0. The normalized spacial score (nSPS) is 15.5. The van der Waals surface area contributed by atoms with Gasteiger partial charge in [0.2, 0.25) is 0 Å². The number of hydrogen-bond acceptors (Lipinski definition) is 6. The molecule has 0 aliphatic carbocycles. The van der Waals surface area contributed by atoms with E-state index in [1.165, 1.54) is 0 Å². The SMILES string of the molecule is CCCCP(CCCC)(CCCC)(CCCC)OC(=O)C(O)C(O)C(=O)OP(CCCC)(CCCC)(CCCC)CCCC. The van der Waals surface area contributed by atoms with Crippen LogP contribution in [-0.4, -0.2) is 83.7 Å². The molecule has 8 heteroatoms. The van der Waals surface area contributed by atoms with Gasteiger partial charge in [-0.15, -0.1) is 0 Å². The summed E-state index contributed by atoms with van der Waals surface area (Å²) in [5.74, 6) is -1.65. The zero-order valence-electron chi connectivity index (χ0n) is 30.5. The number of unbranched alkanes of at least 4 members (excludes halogenated alkanes) is 8. The molecule has 0 amide bonds. The maximum atomic E-state index is 13.9. The molecule has 2 unspecified atom stereocenters. The molecule has 2 atom stereocenters. The first-order chi connectivity index (χ1) is 20.9. The van der Waals surface area contributed by atoms with E-state index in [-0.39, 0.29) is 0 Å². The average molecular weight is 667 g/mol. The molecule has 0 aromatic carbocycles. The van der Waals surface area contributed by atoms with Crippen LogP contribution < -0.4 is 0 Å². The first-order valence-corrected chi connectivity index (χ1v) is 24.6. The summed E-state index contributed by atoms with van der Waals surface area (Å²) in [6, 6.07) is 0. The van der Waals surface area contributed by atoms with E-state index < -0.39 is 37.8 Å². The monoisotopic (exact) mass is 667 g/mol. The Labute approximate surface area is 273 Å². The number of aliphatic hydroxyl groups excluding tert-OH is 2. The van der Waals surface area contributed by atoms with E-state index in [4.69, 9.17) is 9.05 Å². The third kappa shape index (κ3) is 13.4. The number of carbonyl (C=O) groups excluding carboxylic acids is 2. The maximum absolute atomic E-state index is 13.9. The van der Waals surface area contributed by atoms with Crippen molar-refractivity contribution in [1.82, 2.24) is 0 Å². The molecule has 6 nitrogen and oxygen atoms in total. The second kappa shape index (κ2) is 22.3. The van der Waals surface area contributed by atoms with Crippen molar-refractivity contribution in [2.75, 3.05) is 49.3 Å². The molecule has 0 aliphatic heterocycles. The van der Waals surface area contributed by atoms with Gasteiger partial charge in [-0.05, 0) is 0 Å². The van der Waals surface area contributed by atoms with Crippen LogP contribution in [0.25, 0.3) is 0 Å². The van der Waals surface area contributed by atoms with Crippen LogP contribution in [0.1, 0.15) is 158 Å². The Morgan fingerprint density at radius 1 is 0.409 bits per heavy atom. The molecule has 2 N–H and O–H groups in total. The van der Waals surface area contributed by atoms with Crippen molar-refractivity contribution in [3.63, 3.8) is 0 Å². The third-order valence-corrected chi connectivity index (χ3v) is 23.1. The fourth-order valence-electron chi connectivity index (χ4n) is 7.05. The standard InChI is InChI=1S/C36H76O6P2/c1-9-17-25-43(26-18-10-2,27-19-11-3,28-20-12-4)41-35(39)33(37)34(38)36(40)42-44(29-21-13-5,30-22-14-6,31-23-15-7)32-24-16-8/h33-34,37-38H,9-32H2,1-8H3. The number of rotatable bonds is 29. The van der Waals surface area contributed by atoms with Crippen LogP contribution in [0.4, 0.5) is 0 Å². The molecule has 0 saturated heterocycles. The van der Waals surface area contributed by atoms with E-state index in [1.807, 2.05) is 0 Å². The quantitative estimate of drug-likeness (QED) is 0.0772. The number of hydrogen-bond donors (Lipinski definition) is 2. The molecule has 0 saturated carbocycles. The minimum atomic E-state index is -3.04. The summed E-state index contributed by atoms with van der Waals surface area (Å²) in [6.45, 7) is 11.3. The Morgan fingerprint density at radius 2 is 0.568 bits per heavy atom.